The van der Waals surface area contributed by atoms with Gasteiger partial charge in [0.05, 0.1) is 37.2 Å². The Balaban J connectivity index is 0.000000325. The molecule has 6 aromatic rings. The normalized spacial score (nSPS) is 13.2. The number of hydrogen-bond donors (Lipinski definition) is 0. The van der Waals surface area contributed by atoms with E-state index in [1.807, 2.05) is 0 Å². The zero-order valence-corrected chi connectivity index (χ0v) is 28.1. The molecule has 0 bridgehead atoms. The summed E-state index contributed by atoms with van der Waals surface area (Å²) < 4.78 is 118. The fourth-order valence-electron chi connectivity index (χ4n) is 2.59. The summed E-state index contributed by atoms with van der Waals surface area (Å²) >= 11 is 0. The molecular formula is C24H18F12N12P2Ru-2. The summed E-state index contributed by atoms with van der Waals surface area (Å²) in [5, 5.41) is 0. The smallest absolute Gasteiger partial charge is 0.108 e. The van der Waals surface area contributed by atoms with Crippen LogP contribution in [-0.2, 0) is 19.5 Å². The topological polar surface area (TPSA) is 155 Å². The van der Waals surface area contributed by atoms with Gasteiger partial charge in [0.15, 0.2) is 0 Å². The van der Waals surface area contributed by atoms with Crippen LogP contribution in [0.3, 0.4) is 0 Å². The van der Waals surface area contributed by atoms with E-state index in [-0.39, 0.29) is 19.5 Å². The number of halogens is 12. The summed E-state index contributed by atoms with van der Waals surface area (Å²) in [6.45, 7) is 0. The van der Waals surface area contributed by atoms with Gasteiger partial charge in [0.2, 0.25) is 0 Å². The van der Waals surface area contributed by atoms with E-state index in [4.69, 9.17) is 0 Å². The van der Waals surface area contributed by atoms with E-state index in [0.717, 1.165) is 34.2 Å². The monoisotopic (exact) mass is 866 g/mol. The third kappa shape index (κ3) is 27.6. The van der Waals surface area contributed by atoms with E-state index in [2.05, 4.69) is 59.8 Å². The summed E-state index contributed by atoms with van der Waals surface area (Å²) in [6, 6.07) is 0. The van der Waals surface area contributed by atoms with Crippen molar-refractivity contribution in [1.29, 1.82) is 0 Å². The van der Waals surface area contributed by atoms with Crippen LogP contribution in [0.15, 0.2) is 112 Å². The maximum atomic E-state index is 9.87. The van der Waals surface area contributed by atoms with Gasteiger partial charge in [-0.15, -0.1) is 0 Å². The Hall–Kier alpha value is -4.88. The quantitative estimate of drug-likeness (QED) is 0.0945. The van der Waals surface area contributed by atoms with Crippen LogP contribution < -0.4 is 0 Å². The predicted octanol–water partition coefficient (Wildman–Crippen LogP) is 9.56. The molecule has 0 aromatic carbocycles. The molecule has 6 heterocycles. The fourth-order valence-corrected chi connectivity index (χ4v) is 2.59. The van der Waals surface area contributed by atoms with Crippen molar-refractivity contribution in [2.75, 3.05) is 0 Å². The summed E-state index contributed by atoms with van der Waals surface area (Å²) in [5.41, 5.74) is 4.45. The van der Waals surface area contributed by atoms with E-state index < -0.39 is 15.6 Å². The Morgan fingerprint density at radius 1 is 0.255 bits per heavy atom. The third-order valence-electron chi connectivity index (χ3n) is 4.17. The van der Waals surface area contributed by atoms with Gasteiger partial charge in [0.25, 0.3) is 0 Å². The first-order chi connectivity index (χ1) is 22.8. The van der Waals surface area contributed by atoms with E-state index in [1.165, 1.54) is 0 Å². The molecule has 27 heteroatoms. The van der Waals surface area contributed by atoms with E-state index in [0.29, 0.717) is 0 Å². The van der Waals surface area contributed by atoms with Crippen molar-refractivity contribution >= 4 is 15.6 Å². The number of hydrogen-bond acceptors (Lipinski definition) is 12. The van der Waals surface area contributed by atoms with Crippen LogP contribution in [0.25, 0.3) is 34.2 Å². The third-order valence-corrected chi connectivity index (χ3v) is 4.17. The molecule has 0 aliphatic carbocycles. The number of rotatable bonds is 3. The van der Waals surface area contributed by atoms with Crippen molar-refractivity contribution in [2.45, 2.75) is 0 Å². The molecule has 12 nitrogen and oxygen atoms in total. The summed E-state index contributed by atoms with van der Waals surface area (Å²) in [5.74, 6) is 0. The van der Waals surface area contributed by atoms with Crippen LogP contribution in [0.1, 0.15) is 0 Å². The van der Waals surface area contributed by atoms with Crippen molar-refractivity contribution in [3.63, 3.8) is 0 Å². The Morgan fingerprint density at radius 2 is 0.373 bits per heavy atom. The number of aromatic nitrogens is 12. The minimum Gasteiger partial charge on any atom is -0.261 e. The molecule has 0 unspecified atom stereocenters. The number of nitrogens with zero attached hydrogens (tertiary/aromatic N) is 12. The molecule has 0 aliphatic heterocycles. The van der Waals surface area contributed by atoms with Gasteiger partial charge in [0.1, 0.15) is 34.2 Å². The standard InChI is InChI=1S/3C8H6N4.2F6P.Ru/c3*1-3-11-7(5-9-1)8-6-10-2-4-12-8;2*1-7(2,3,4,5)6;/h3*1-6H;;;/q;;;2*-1;. The Kier molecular flexibility index (Phi) is 14.2. The molecule has 0 spiro atoms. The largest absolute Gasteiger partial charge is 0.261 e. The van der Waals surface area contributed by atoms with Crippen molar-refractivity contribution < 1.29 is 69.8 Å². The molecule has 0 aliphatic rings. The van der Waals surface area contributed by atoms with Crippen LogP contribution in [0.2, 0.25) is 0 Å². The minimum atomic E-state index is -10.7. The van der Waals surface area contributed by atoms with E-state index in [1.54, 1.807) is 112 Å². The Labute approximate surface area is 290 Å². The SMILES string of the molecule is F[P-](F)(F)(F)(F)F.F[P-](F)(F)(F)(F)F.[Ru].c1cnc(-c2cnccn2)cn1.c1cnc(-c2cnccn2)cn1.c1cnc(-c2cnccn2)cn1. The van der Waals surface area contributed by atoms with Gasteiger partial charge in [-0.05, 0) is 0 Å². The van der Waals surface area contributed by atoms with Gasteiger partial charge in [-0.25, -0.2) is 0 Å². The second-order valence-corrected chi connectivity index (χ2v) is 12.3. The summed E-state index contributed by atoms with van der Waals surface area (Å²) in [7, 11) is -21.3. The summed E-state index contributed by atoms with van der Waals surface area (Å²) in [6.07, 6.45) is 29.5. The van der Waals surface area contributed by atoms with Crippen molar-refractivity contribution in [3.8, 4) is 34.2 Å². The fraction of sp³-hybridized carbons (Fsp3) is 0. The Bertz CT molecular complexity index is 1520. The van der Waals surface area contributed by atoms with Crippen LogP contribution in [-0.4, -0.2) is 59.8 Å². The average molecular weight is 865 g/mol. The molecular weight excluding hydrogens is 847 g/mol. The molecule has 0 saturated heterocycles. The van der Waals surface area contributed by atoms with Crippen LogP contribution in [0, 0.1) is 0 Å². The van der Waals surface area contributed by atoms with Gasteiger partial charge < -0.3 is 0 Å². The second kappa shape index (κ2) is 16.4. The molecule has 0 amide bonds. The molecule has 6 aromatic heterocycles. The molecule has 278 valence electrons. The maximum Gasteiger partial charge on any atom is 0.108 e. The van der Waals surface area contributed by atoms with Crippen molar-refractivity contribution in [3.05, 3.63) is 112 Å². The molecule has 51 heavy (non-hydrogen) atoms. The average Bonchev–Trinajstić information content (AvgIpc) is 3.05. The van der Waals surface area contributed by atoms with Gasteiger partial charge in [0, 0.05) is 93.8 Å². The Morgan fingerprint density at radius 3 is 0.451 bits per heavy atom. The van der Waals surface area contributed by atoms with Crippen LogP contribution in [0.5, 0.6) is 0 Å². The van der Waals surface area contributed by atoms with E-state index >= 15 is 0 Å². The van der Waals surface area contributed by atoms with E-state index in [9.17, 15) is 50.4 Å². The van der Waals surface area contributed by atoms with Gasteiger partial charge in [-0.2, -0.15) is 0 Å². The minimum absolute atomic E-state index is 0. The van der Waals surface area contributed by atoms with Crippen LogP contribution in [0.4, 0.5) is 50.4 Å². The first kappa shape index (κ1) is 44.1. The molecule has 0 atom stereocenters. The summed E-state index contributed by atoms with van der Waals surface area (Å²) in [4.78, 5) is 48.1. The van der Waals surface area contributed by atoms with Gasteiger partial charge >= 0.3 is 66.0 Å². The van der Waals surface area contributed by atoms with Gasteiger partial charge in [-0.1, -0.05) is 0 Å². The first-order valence-electron chi connectivity index (χ1n) is 12.5. The van der Waals surface area contributed by atoms with Crippen LogP contribution >= 0.6 is 15.6 Å². The molecule has 0 N–H and O–H groups in total. The molecule has 6 rings (SSSR count). The first-order valence-corrected chi connectivity index (χ1v) is 16.6. The maximum absolute atomic E-state index is 10.7. The van der Waals surface area contributed by atoms with Crippen molar-refractivity contribution in [2.24, 2.45) is 0 Å². The van der Waals surface area contributed by atoms with Gasteiger partial charge in [-0.3, -0.25) is 59.8 Å². The predicted molar refractivity (Wildman–Crippen MR) is 156 cm³/mol. The zero-order chi connectivity index (χ0) is 37.5. The molecule has 0 saturated carbocycles. The zero-order valence-electron chi connectivity index (χ0n) is 24.5. The van der Waals surface area contributed by atoms with Crippen molar-refractivity contribution in [1.82, 2.24) is 59.8 Å². The molecule has 0 radical (unpaired) electrons. The second-order valence-electron chi connectivity index (χ2n) is 8.46. The molecule has 0 fully saturated rings.